The molecule has 0 saturated carbocycles. The van der Waals surface area contributed by atoms with Crippen LogP contribution in [0.5, 0.6) is 5.75 Å². The van der Waals surface area contributed by atoms with Crippen LogP contribution in [0.15, 0.2) is 54.9 Å². The van der Waals surface area contributed by atoms with E-state index >= 15 is 0 Å². The molecule has 1 aromatic heterocycles. The standard InChI is InChI=1S/C24H27N5O2/c1-17-6-4-9-21(18(17)2)27-24(30)29-12-10-28(11-13-29)23-15-22(25-16-26-23)19-7-5-8-20(14-19)31-3/h4-9,14-16H,10-13H2,1-3H3,(H,27,30). The number of aryl methyl sites for hydroxylation is 1. The molecule has 0 spiro atoms. The van der Waals surface area contributed by atoms with Crippen LogP contribution < -0.4 is 15.0 Å². The Morgan fingerprint density at radius 2 is 1.77 bits per heavy atom. The van der Waals surface area contributed by atoms with Crippen molar-refractivity contribution in [2.24, 2.45) is 0 Å². The van der Waals surface area contributed by atoms with E-state index in [1.165, 1.54) is 5.56 Å². The predicted molar refractivity (Wildman–Crippen MR) is 123 cm³/mol. The van der Waals surface area contributed by atoms with Crippen molar-refractivity contribution in [1.82, 2.24) is 14.9 Å². The second kappa shape index (κ2) is 9.04. The second-order valence-electron chi connectivity index (χ2n) is 7.65. The number of hydrogen-bond acceptors (Lipinski definition) is 5. The summed E-state index contributed by atoms with van der Waals surface area (Å²) in [6.07, 6.45) is 1.59. The smallest absolute Gasteiger partial charge is 0.321 e. The first-order valence-corrected chi connectivity index (χ1v) is 10.4. The fourth-order valence-corrected chi connectivity index (χ4v) is 3.68. The number of amides is 2. The summed E-state index contributed by atoms with van der Waals surface area (Å²) < 4.78 is 5.32. The number of nitrogens with zero attached hydrogens (tertiary/aromatic N) is 4. The van der Waals surface area contributed by atoms with Crippen LogP contribution in [0.25, 0.3) is 11.3 Å². The van der Waals surface area contributed by atoms with Gasteiger partial charge in [-0.15, -0.1) is 0 Å². The lowest BCUT2D eigenvalue weighted by Crippen LogP contribution is -2.50. The minimum absolute atomic E-state index is 0.0619. The summed E-state index contributed by atoms with van der Waals surface area (Å²) in [4.78, 5) is 25.6. The van der Waals surface area contributed by atoms with E-state index in [1.54, 1.807) is 13.4 Å². The van der Waals surface area contributed by atoms with Crippen molar-refractivity contribution in [3.05, 3.63) is 66.0 Å². The highest BCUT2D eigenvalue weighted by molar-refractivity contribution is 5.90. The average Bonchev–Trinajstić information content (AvgIpc) is 2.82. The lowest BCUT2D eigenvalue weighted by atomic mass is 10.1. The van der Waals surface area contributed by atoms with Gasteiger partial charge in [0, 0.05) is 43.5 Å². The number of ether oxygens (including phenoxy) is 1. The topological polar surface area (TPSA) is 70.6 Å². The maximum atomic E-state index is 12.7. The number of urea groups is 1. The molecule has 0 unspecified atom stereocenters. The number of rotatable bonds is 4. The van der Waals surface area contributed by atoms with Crippen molar-refractivity contribution in [3.8, 4) is 17.0 Å². The normalized spacial score (nSPS) is 13.8. The van der Waals surface area contributed by atoms with Gasteiger partial charge in [0.25, 0.3) is 0 Å². The summed E-state index contributed by atoms with van der Waals surface area (Å²) in [6.45, 7) is 6.77. The molecule has 3 aromatic rings. The Morgan fingerprint density at radius 1 is 1.00 bits per heavy atom. The zero-order valence-electron chi connectivity index (χ0n) is 18.1. The van der Waals surface area contributed by atoms with Crippen LogP contribution in [0, 0.1) is 13.8 Å². The van der Waals surface area contributed by atoms with E-state index < -0.39 is 0 Å². The number of aromatic nitrogens is 2. The number of carbonyl (C=O) groups is 1. The first-order chi connectivity index (χ1) is 15.0. The van der Waals surface area contributed by atoms with E-state index in [0.717, 1.165) is 47.2 Å². The molecule has 4 rings (SSSR count). The molecule has 2 amide bonds. The highest BCUT2D eigenvalue weighted by atomic mass is 16.5. The third-order valence-corrected chi connectivity index (χ3v) is 5.76. The summed E-state index contributed by atoms with van der Waals surface area (Å²) in [7, 11) is 1.65. The molecule has 0 atom stereocenters. The molecule has 7 nitrogen and oxygen atoms in total. The van der Waals surface area contributed by atoms with Gasteiger partial charge in [-0.25, -0.2) is 14.8 Å². The van der Waals surface area contributed by atoms with Crippen LogP contribution in [0.1, 0.15) is 11.1 Å². The summed E-state index contributed by atoms with van der Waals surface area (Å²) in [5.74, 6) is 1.66. The van der Waals surface area contributed by atoms with Crippen LogP contribution in [-0.4, -0.2) is 54.2 Å². The number of piperazine rings is 1. The number of hydrogen-bond donors (Lipinski definition) is 1. The van der Waals surface area contributed by atoms with Gasteiger partial charge in [-0.05, 0) is 43.2 Å². The zero-order valence-corrected chi connectivity index (χ0v) is 18.1. The lowest BCUT2D eigenvalue weighted by molar-refractivity contribution is 0.208. The molecular weight excluding hydrogens is 390 g/mol. The van der Waals surface area contributed by atoms with E-state index in [4.69, 9.17) is 4.74 Å². The molecule has 0 radical (unpaired) electrons. The molecule has 0 bridgehead atoms. The maximum Gasteiger partial charge on any atom is 0.321 e. The summed E-state index contributed by atoms with van der Waals surface area (Å²) >= 11 is 0. The van der Waals surface area contributed by atoms with Crippen LogP contribution in [-0.2, 0) is 0 Å². The number of nitrogens with one attached hydrogen (secondary N) is 1. The summed E-state index contributed by atoms with van der Waals surface area (Å²) in [5, 5.41) is 3.05. The molecule has 31 heavy (non-hydrogen) atoms. The van der Waals surface area contributed by atoms with Gasteiger partial charge < -0.3 is 19.9 Å². The van der Waals surface area contributed by atoms with E-state index in [9.17, 15) is 4.79 Å². The molecule has 1 fully saturated rings. The zero-order chi connectivity index (χ0) is 21.8. The van der Waals surface area contributed by atoms with Crippen LogP contribution >= 0.6 is 0 Å². The SMILES string of the molecule is COc1cccc(-c2cc(N3CCN(C(=O)Nc4cccc(C)c4C)CC3)ncn2)c1. The molecule has 7 heteroatoms. The largest absolute Gasteiger partial charge is 0.497 e. The van der Waals surface area contributed by atoms with Gasteiger partial charge in [0.2, 0.25) is 0 Å². The van der Waals surface area contributed by atoms with E-state index in [1.807, 2.05) is 67.3 Å². The number of carbonyl (C=O) groups excluding carboxylic acids is 1. The fraction of sp³-hybridized carbons (Fsp3) is 0.292. The van der Waals surface area contributed by atoms with Crippen LogP contribution in [0.2, 0.25) is 0 Å². The third kappa shape index (κ3) is 4.60. The Bertz CT molecular complexity index is 1080. The van der Waals surface area contributed by atoms with Gasteiger partial charge in [0.15, 0.2) is 0 Å². The Kier molecular flexibility index (Phi) is 6.02. The van der Waals surface area contributed by atoms with Gasteiger partial charge in [-0.3, -0.25) is 0 Å². The predicted octanol–water partition coefficient (Wildman–Crippen LogP) is 4.12. The van der Waals surface area contributed by atoms with Crippen molar-refractivity contribution >= 4 is 17.5 Å². The molecule has 0 aliphatic carbocycles. The van der Waals surface area contributed by atoms with Crippen molar-refractivity contribution in [1.29, 1.82) is 0 Å². The van der Waals surface area contributed by atoms with E-state index in [-0.39, 0.29) is 6.03 Å². The van der Waals surface area contributed by atoms with Crippen molar-refractivity contribution in [2.75, 3.05) is 43.5 Å². The third-order valence-electron chi connectivity index (χ3n) is 5.76. The average molecular weight is 418 g/mol. The first kappa shape index (κ1) is 20.7. The maximum absolute atomic E-state index is 12.7. The summed E-state index contributed by atoms with van der Waals surface area (Å²) in [5.41, 5.74) is 4.96. The Labute approximate surface area is 182 Å². The van der Waals surface area contributed by atoms with Gasteiger partial charge in [-0.2, -0.15) is 0 Å². The molecule has 2 aromatic carbocycles. The van der Waals surface area contributed by atoms with Gasteiger partial charge >= 0.3 is 6.03 Å². The van der Waals surface area contributed by atoms with E-state index in [0.29, 0.717) is 13.1 Å². The second-order valence-corrected chi connectivity index (χ2v) is 7.65. The molecule has 160 valence electrons. The van der Waals surface area contributed by atoms with Crippen molar-refractivity contribution < 1.29 is 9.53 Å². The molecule has 2 heterocycles. The molecule has 1 aliphatic heterocycles. The Balaban J connectivity index is 1.40. The fourth-order valence-electron chi connectivity index (χ4n) is 3.68. The number of benzene rings is 2. The first-order valence-electron chi connectivity index (χ1n) is 10.4. The lowest BCUT2D eigenvalue weighted by Gasteiger charge is -2.35. The molecule has 1 aliphatic rings. The van der Waals surface area contributed by atoms with E-state index in [2.05, 4.69) is 20.2 Å². The summed E-state index contributed by atoms with van der Waals surface area (Å²) in [6, 6.07) is 15.7. The van der Waals surface area contributed by atoms with Crippen LogP contribution in [0.4, 0.5) is 16.3 Å². The highest BCUT2D eigenvalue weighted by Crippen LogP contribution is 2.25. The number of anilines is 2. The minimum Gasteiger partial charge on any atom is -0.497 e. The van der Waals surface area contributed by atoms with Gasteiger partial charge in [-0.1, -0.05) is 24.3 Å². The van der Waals surface area contributed by atoms with Crippen molar-refractivity contribution in [2.45, 2.75) is 13.8 Å². The van der Waals surface area contributed by atoms with Gasteiger partial charge in [0.05, 0.1) is 12.8 Å². The van der Waals surface area contributed by atoms with Crippen LogP contribution in [0.3, 0.4) is 0 Å². The number of methoxy groups -OCH3 is 1. The molecular formula is C24H27N5O2. The monoisotopic (exact) mass is 417 g/mol. The highest BCUT2D eigenvalue weighted by Gasteiger charge is 2.22. The quantitative estimate of drug-likeness (QED) is 0.691. The van der Waals surface area contributed by atoms with Crippen molar-refractivity contribution in [3.63, 3.8) is 0 Å². The Hall–Kier alpha value is -3.61. The minimum atomic E-state index is -0.0619. The van der Waals surface area contributed by atoms with Gasteiger partial charge in [0.1, 0.15) is 17.9 Å². The Morgan fingerprint density at radius 3 is 2.55 bits per heavy atom. The molecule has 1 saturated heterocycles. The molecule has 1 N–H and O–H groups in total.